The molecule has 4 rings (SSSR count). The van der Waals surface area contributed by atoms with Crippen molar-refractivity contribution in [3.63, 3.8) is 0 Å². The summed E-state index contributed by atoms with van der Waals surface area (Å²) in [5.74, 6) is 1.69. The predicted octanol–water partition coefficient (Wildman–Crippen LogP) is 2.67. The monoisotopic (exact) mass is 345 g/mol. The van der Waals surface area contributed by atoms with Crippen LogP contribution in [0.3, 0.4) is 0 Å². The Morgan fingerprint density at radius 2 is 1.56 bits per heavy atom. The fourth-order valence-corrected chi connectivity index (χ4v) is 4.78. The minimum atomic E-state index is 0.131. The SMILES string of the molecule is Cc1cc(C(=O)N2CC(N3CCN(C4CCCCC4)CC3)C2)c(C)o1. The van der Waals surface area contributed by atoms with Gasteiger partial charge in [0.1, 0.15) is 11.5 Å². The standard InChI is InChI=1S/C20H31N3O2/c1-15-12-19(16(2)25-15)20(24)23-13-18(14-23)22-10-8-21(9-11-22)17-6-4-3-5-7-17/h12,17-18H,3-11,13-14H2,1-2H3. The van der Waals surface area contributed by atoms with E-state index in [4.69, 9.17) is 4.42 Å². The number of hydrogen-bond acceptors (Lipinski definition) is 4. The first-order valence-electron chi connectivity index (χ1n) is 9.96. The van der Waals surface area contributed by atoms with Gasteiger partial charge in [0.2, 0.25) is 0 Å². The lowest BCUT2D eigenvalue weighted by Gasteiger charge is -2.49. The van der Waals surface area contributed by atoms with E-state index < -0.39 is 0 Å². The van der Waals surface area contributed by atoms with Crippen molar-refractivity contribution in [1.82, 2.24) is 14.7 Å². The van der Waals surface area contributed by atoms with Crippen LogP contribution in [0.2, 0.25) is 0 Å². The molecule has 138 valence electrons. The molecule has 2 saturated heterocycles. The smallest absolute Gasteiger partial charge is 0.257 e. The Balaban J connectivity index is 1.24. The van der Waals surface area contributed by atoms with Crippen LogP contribution in [0.15, 0.2) is 10.5 Å². The van der Waals surface area contributed by atoms with E-state index in [-0.39, 0.29) is 5.91 Å². The van der Waals surface area contributed by atoms with Gasteiger partial charge >= 0.3 is 0 Å². The van der Waals surface area contributed by atoms with Crippen LogP contribution < -0.4 is 0 Å². The summed E-state index contributed by atoms with van der Waals surface area (Å²) in [5.41, 5.74) is 0.734. The van der Waals surface area contributed by atoms with Crippen LogP contribution in [0, 0.1) is 13.8 Å². The molecule has 0 atom stereocenters. The Morgan fingerprint density at radius 1 is 0.960 bits per heavy atom. The molecule has 2 aliphatic heterocycles. The second kappa shape index (κ2) is 7.12. The van der Waals surface area contributed by atoms with Gasteiger partial charge in [0.25, 0.3) is 5.91 Å². The molecule has 3 fully saturated rings. The third-order valence-corrected chi connectivity index (χ3v) is 6.38. The highest BCUT2D eigenvalue weighted by molar-refractivity contribution is 5.95. The minimum absolute atomic E-state index is 0.131. The summed E-state index contributed by atoms with van der Waals surface area (Å²) in [5, 5.41) is 0. The first-order chi connectivity index (χ1) is 12.1. The van der Waals surface area contributed by atoms with E-state index in [1.807, 2.05) is 24.8 Å². The van der Waals surface area contributed by atoms with Crippen molar-refractivity contribution in [2.24, 2.45) is 0 Å². The molecule has 0 aromatic carbocycles. The summed E-state index contributed by atoms with van der Waals surface area (Å²) in [7, 11) is 0. The third kappa shape index (κ3) is 3.49. The fourth-order valence-electron chi connectivity index (χ4n) is 4.78. The van der Waals surface area contributed by atoms with Crippen molar-refractivity contribution >= 4 is 5.91 Å². The molecule has 5 nitrogen and oxygen atoms in total. The molecule has 1 aliphatic carbocycles. The molecule has 0 N–H and O–H groups in total. The quantitative estimate of drug-likeness (QED) is 0.844. The van der Waals surface area contributed by atoms with E-state index in [9.17, 15) is 4.79 Å². The molecule has 3 heterocycles. The molecule has 1 amide bonds. The maximum absolute atomic E-state index is 12.6. The third-order valence-electron chi connectivity index (χ3n) is 6.38. The first-order valence-corrected chi connectivity index (χ1v) is 9.96. The van der Waals surface area contributed by atoms with Crippen molar-refractivity contribution in [2.75, 3.05) is 39.3 Å². The van der Waals surface area contributed by atoms with Crippen molar-refractivity contribution in [3.05, 3.63) is 23.2 Å². The molecular formula is C20H31N3O2. The van der Waals surface area contributed by atoms with Crippen molar-refractivity contribution in [3.8, 4) is 0 Å². The number of rotatable bonds is 3. The van der Waals surface area contributed by atoms with Gasteiger partial charge in [-0.25, -0.2) is 0 Å². The summed E-state index contributed by atoms with van der Waals surface area (Å²) in [6.07, 6.45) is 7.05. The number of nitrogens with zero attached hydrogens (tertiary/aromatic N) is 3. The lowest BCUT2D eigenvalue weighted by Crippen LogP contribution is -2.64. The molecule has 0 bridgehead atoms. The highest BCUT2D eigenvalue weighted by Gasteiger charge is 2.37. The number of amides is 1. The molecule has 3 aliphatic rings. The Kier molecular flexibility index (Phi) is 4.87. The molecule has 25 heavy (non-hydrogen) atoms. The second-order valence-corrected chi connectivity index (χ2v) is 8.05. The Morgan fingerprint density at radius 3 is 2.12 bits per heavy atom. The van der Waals surface area contributed by atoms with E-state index in [0.29, 0.717) is 6.04 Å². The van der Waals surface area contributed by atoms with Gasteiger partial charge < -0.3 is 9.32 Å². The lowest BCUT2D eigenvalue weighted by atomic mass is 9.93. The van der Waals surface area contributed by atoms with Crippen LogP contribution >= 0.6 is 0 Å². The highest BCUT2D eigenvalue weighted by Crippen LogP contribution is 2.26. The molecule has 1 aromatic heterocycles. The number of hydrogen-bond donors (Lipinski definition) is 0. The molecule has 0 unspecified atom stereocenters. The zero-order valence-electron chi connectivity index (χ0n) is 15.7. The maximum Gasteiger partial charge on any atom is 0.257 e. The molecule has 1 aromatic rings. The summed E-state index contributed by atoms with van der Waals surface area (Å²) < 4.78 is 5.50. The van der Waals surface area contributed by atoms with Crippen LogP contribution in [-0.4, -0.2) is 72.0 Å². The Labute approximate surface area is 150 Å². The average Bonchev–Trinajstić information content (AvgIpc) is 2.93. The number of likely N-dealkylation sites (tertiary alicyclic amines) is 1. The van der Waals surface area contributed by atoms with Crippen LogP contribution in [0.4, 0.5) is 0 Å². The normalized spacial score (nSPS) is 24.5. The Hall–Kier alpha value is -1.33. The summed E-state index contributed by atoms with van der Waals surface area (Å²) in [6, 6.07) is 3.25. The van der Waals surface area contributed by atoms with E-state index >= 15 is 0 Å². The number of carbonyl (C=O) groups excluding carboxylic acids is 1. The van der Waals surface area contributed by atoms with Crippen LogP contribution in [-0.2, 0) is 0 Å². The van der Waals surface area contributed by atoms with Crippen LogP contribution in [0.1, 0.15) is 54.0 Å². The highest BCUT2D eigenvalue weighted by atomic mass is 16.3. The van der Waals surface area contributed by atoms with E-state index in [1.54, 1.807) is 0 Å². The largest absolute Gasteiger partial charge is 0.466 e. The van der Waals surface area contributed by atoms with E-state index in [0.717, 1.165) is 49.3 Å². The number of piperazine rings is 1. The number of furan rings is 1. The average molecular weight is 345 g/mol. The zero-order valence-corrected chi connectivity index (χ0v) is 15.7. The second-order valence-electron chi connectivity index (χ2n) is 8.05. The number of aryl methyl sites for hydroxylation is 2. The van der Waals surface area contributed by atoms with Gasteiger partial charge in [-0.2, -0.15) is 0 Å². The van der Waals surface area contributed by atoms with Crippen molar-refractivity contribution < 1.29 is 9.21 Å². The number of carbonyl (C=O) groups is 1. The summed E-state index contributed by atoms with van der Waals surface area (Å²) in [6.45, 7) is 10.2. The van der Waals surface area contributed by atoms with Gasteiger partial charge in [-0.05, 0) is 32.8 Å². The van der Waals surface area contributed by atoms with E-state index in [2.05, 4.69) is 9.80 Å². The molecule has 1 saturated carbocycles. The molecule has 0 spiro atoms. The topological polar surface area (TPSA) is 39.9 Å². The van der Waals surface area contributed by atoms with Crippen molar-refractivity contribution in [2.45, 2.75) is 58.0 Å². The summed E-state index contributed by atoms with van der Waals surface area (Å²) >= 11 is 0. The van der Waals surface area contributed by atoms with Gasteiger partial charge in [-0.15, -0.1) is 0 Å². The fraction of sp³-hybridized carbons (Fsp3) is 0.750. The lowest BCUT2D eigenvalue weighted by molar-refractivity contribution is -0.00269. The first kappa shape index (κ1) is 17.1. The van der Waals surface area contributed by atoms with Gasteiger partial charge in [0, 0.05) is 51.4 Å². The summed E-state index contributed by atoms with van der Waals surface area (Å²) in [4.78, 5) is 19.9. The minimum Gasteiger partial charge on any atom is -0.466 e. The predicted molar refractivity (Wildman–Crippen MR) is 97.9 cm³/mol. The maximum atomic E-state index is 12.6. The van der Waals surface area contributed by atoms with Crippen molar-refractivity contribution in [1.29, 1.82) is 0 Å². The van der Waals surface area contributed by atoms with Gasteiger partial charge in [-0.1, -0.05) is 19.3 Å². The van der Waals surface area contributed by atoms with E-state index in [1.165, 1.54) is 45.2 Å². The van der Waals surface area contributed by atoms with Crippen LogP contribution in [0.5, 0.6) is 0 Å². The van der Waals surface area contributed by atoms with Crippen LogP contribution in [0.25, 0.3) is 0 Å². The van der Waals surface area contributed by atoms with Gasteiger partial charge in [0.15, 0.2) is 0 Å². The van der Waals surface area contributed by atoms with Gasteiger partial charge in [0.05, 0.1) is 5.56 Å². The zero-order chi connectivity index (χ0) is 17.4. The molecule has 0 radical (unpaired) electrons. The van der Waals surface area contributed by atoms with Gasteiger partial charge in [-0.3, -0.25) is 14.6 Å². The molecular weight excluding hydrogens is 314 g/mol. The Bertz CT molecular complexity index is 606. The molecule has 5 heteroatoms.